The maximum atomic E-state index is 12.4. The summed E-state index contributed by atoms with van der Waals surface area (Å²) in [6, 6.07) is 12.0. The maximum Gasteiger partial charge on any atom is 0.255 e. The van der Waals surface area contributed by atoms with E-state index in [4.69, 9.17) is 11.5 Å². The van der Waals surface area contributed by atoms with Gasteiger partial charge in [0.05, 0.1) is 11.3 Å². The number of hydrogen-bond acceptors (Lipinski definition) is 4. The Morgan fingerprint density at radius 1 is 1.00 bits per heavy atom. The van der Waals surface area contributed by atoms with Crippen molar-refractivity contribution in [2.45, 2.75) is 19.3 Å². The summed E-state index contributed by atoms with van der Waals surface area (Å²) in [6.45, 7) is 1.76. The lowest BCUT2D eigenvalue weighted by atomic mass is 10.1. The highest BCUT2D eigenvalue weighted by atomic mass is 16.2. The number of nitrogens with two attached hydrogens (primary N) is 2. The number of carbonyl (C=O) groups is 2. The molecule has 1 heterocycles. The van der Waals surface area contributed by atoms with E-state index in [1.807, 2.05) is 6.07 Å². The summed E-state index contributed by atoms with van der Waals surface area (Å²) in [5.41, 5.74) is 14.1. The molecule has 2 amide bonds. The molecule has 2 aromatic rings. The van der Waals surface area contributed by atoms with E-state index in [2.05, 4.69) is 10.2 Å². The van der Waals surface area contributed by atoms with Gasteiger partial charge < -0.3 is 21.7 Å². The molecule has 5 N–H and O–H groups in total. The van der Waals surface area contributed by atoms with Crippen LogP contribution in [-0.4, -0.2) is 24.9 Å². The topological polar surface area (TPSA) is 101 Å². The van der Waals surface area contributed by atoms with Crippen LogP contribution in [0.3, 0.4) is 0 Å². The number of nitrogens with zero attached hydrogens (tertiary/aromatic N) is 1. The third-order valence-electron chi connectivity index (χ3n) is 4.37. The lowest BCUT2D eigenvalue weighted by molar-refractivity contribution is 0.0998. The van der Waals surface area contributed by atoms with Crippen LogP contribution in [0.2, 0.25) is 0 Å². The summed E-state index contributed by atoms with van der Waals surface area (Å²) in [5.74, 6) is -0.710. The average molecular weight is 338 g/mol. The largest absolute Gasteiger partial charge is 0.399 e. The quantitative estimate of drug-likeness (QED) is 0.746. The molecule has 0 spiro atoms. The molecule has 0 atom stereocenters. The van der Waals surface area contributed by atoms with E-state index in [-0.39, 0.29) is 5.91 Å². The van der Waals surface area contributed by atoms with Crippen LogP contribution in [-0.2, 0) is 0 Å². The van der Waals surface area contributed by atoms with Gasteiger partial charge >= 0.3 is 0 Å². The summed E-state index contributed by atoms with van der Waals surface area (Å²) >= 11 is 0. The minimum absolute atomic E-state index is 0.247. The Hall–Kier alpha value is -3.02. The summed E-state index contributed by atoms with van der Waals surface area (Å²) in [7, 11) is 0. The first-order chi connectivity index (χ1) is 12.0. The van der Waals surface area contributed by atoms with Crippen molar-refractivity contribution in [3.63, 3.8) is 0 Å². The molecule has 6 heteroatoms. The third kappa shape index (κ3) is 3.91. The maximum absolute atomic E-state index is 12.4. The molecular formula is C19H22N4O2. The number of primary amides is 1. The summed E-state index contributed by atoms with van der Waals surface area (Å²) < 4.78 is 0. The second-order valence-electron chi connectivity index (χ2n) is 6.22. The SMILES string of the molecule is NC(=O)c1ccc(NC(=O)c2cccc(N)c2)cc1N1CCCCC1. The van der Waals surface area contributed by atoms with Crippen LogP contribution in [0.15, 0.2) is 42.5 Å². The van der Waals surface area contributed by atoms with Crippen molar-refractivity contribution >= 4 is 28.9 Å². The lowest BCUT2D eigenvalue weighted by Crippen LogP contribution is -2.31. The Balaban J connectivity index is 1.86. The van der Waals surface area contributed by atoms with Gasteiger partial charge in [0.2, 0.25) is 0 Å². The Labute approximate surface area is 146 Å². The molecule has 1 fully saturated rings. The molecule has 2 aromatic carbocycles. The van der Waals surface area contributed by atoms with E-state index in [1.165, 1.54) is 6.42 Å². The van der Waals surface area contributed by atoms with Gasteiger partial charge in [0.15, 0.2) is 0 Å². The highest BCUT2D eigenvalue weighted by Crippen LogP contribution is 2.28. The Bertz CT molecular complexity index is 798. The van der Waals surface area contributed by atoms with E-state index in [1.54, 1.807) is 36.4 Å². The van der Waals surface area contributed by atoms with Crippen LogP contribution in [0, 0.1) is 0 Å². The second kappa shape index (κ2) is 7.25. The van der Waals surface area contributed by atoms with Crippen LogP contribution >= 0.6 is 0 Å². The van der Waals surface area contributed by atoms with Crippen LogP contribution in [0.25, 0.3) is 0 Å². The van der Waals surface area contributed by atoms with Crippen molar-refractivity contribution in [1.29, 1.82) is 0 Å². The van der Waals surface area contributed by atoms with Crippen molar-refractivity contribution in [3.05, 3.63) is 53.6 Å². The fourth-order valence-corrected chi connectivity index (χ4v) is 3.10. The van der Waals surface area contributed by atoms with Crippen LogP contribution in [0.1, 0.15) is 40.0 Å². The Kier molecular flexibility index (Phi) is 4.88. The molecule has 130 valence electrons. The Morgan fingerprint density at radius 2 is 1.76 bits per heavy atom. The Morgan fingerprint density at radius 3 is 2.44 bits per heavy atom. The molecule has 0 bridgehead atoms. The van der Waals surface area contributed by atoms with Gasteiger partial charge in [-0.25, -0.2) is 0 Å². The number of nitrogens with one attached hydrogen (secondary N) is 1. The minimum Gasteiger partial charge on any atom is -0.399 e. The van der Waals surface area contributed by atoms with Crippen molar-refractivity contribution in [1.82, 2.24) is 0 Å². The van der Waals surface area contributed by atoms with E-state index >= 15 is 0 Å². The molecule has 0 aromatic heterocycles. The van der Waals surface area contributed by atoms with Gasteiger partial charge in [-0.1, -0.05) is 6.07 Å². The molecule has 0 unspecified atom stereocenters. The molecule has 25 heavy (non-hydrogen) atoms. The highest BCUT2D eigenvalue weighted by molar-refractivity contribution is 6.06. The van der Waals surface area contributed by atoms with Gasteiger partial charge in [-0.3, -0.25) is 9.59 Å². The average Bonchev–Trinajstić information content (AvgIpc) is 2.62. The number of piperidine rings is 1. The highest BCUT2D eigenvalue weighted by Gasteiger charge is 2.18. The first-order valence-corrected chi connectivity index (χ1v) is 8.40. The predicted molar refractivity (Wildman–Crippen MR) is 99.8 cm³/mol. The van der Waals surface area contributed by atoms with Gasteiger partial charge in [-0.15, -0.1) is 0 Å². The summed E-state index contributed by atoms with van der Waals surface area (Å²) in [4.78, 5) is 26.3. The molecule has 1 saturated heterocycles. The zero-order chi connectivity index (χ0) is 17.8. The normalized spacial score (nSPS) is 14.2. The van der Waals surface area contributed by atoms with Crippen LogP contribution in [0.4, 0.5) is 17.1 Å². The number of rotatable bonds is 4. The number of amides is 2. The van der Waals surface area contributed by atoms with Crippen molar-refractivity contribution in [2.75, 3.05) is 29.0 Å². The summed E-state index contributed by atoms with van der Waals surface area (Å²) in [6.07, 6.45) is 3.35. The van der Waals surface area contributed by atoms with Gasteiger partial charge in [0.25, 0.3) is 11.8 Å². The lowest BCUT2D eigenvalue weighted by Gasteiger charge is -2.30. The third-order valence-corrected chi connectivity index (χ3v) is 4.37. The van der Waals surface area contributed by atoms with E-state index in [0.29, 0.717) is 22.5 Å². The molecule has 1 aliphatic rings. The number of nitrogen functional groups attached to an aromatic ring is 1. The first-order valence-electron chi connectivity index (χ1n) is 8.40. The molecule has 0 radical (unpaired) electrons. The first kappa shape index (κ1) is 16.8. The molecule has 0 aliphatic carbocycles. The van der Waals surface area contributed by atoms with Gasteiger partial charge in [0.1, 0.15) is 0 Å². The van der Waals surface area contributed by atoms with Crippen molar-refractivity contribution < 1.29 is 9.59 Å². The van der Waals surface area contributed by atoms with Gasteiger partial charge in [-0.05, 0) is 55.7 Å². The smallest absolute Gasteiger partial charge is 0.255 e. The minimum atomic E-state index is -0.464. The second-order valence-corrected chi connectivity index (χ2v) is 6.22. The molecular weight excluding hydrogens is 316 g/mol. The molecule has 1 aliphatic heterocycles. The fourth-order valence-electron chi connectivity index (χ4n) is 3.10. The molecule has 3 rings (SSSR count). The van der Waals surface area contributed by atoms with E-state index < -0.39 is 5.91 Å². The zero-order valence-electron chi connectivity index (χ0n) is 14.0. The molecule has 6 nitrogen and oxygen atoms in total. The zero-order valence-corrected chi connectivity index (χ0v) is 14.0. The summed E-state index contributed by atoms with van der Waals surface area (Å²) in [5, 5.41) is 2.86. The standard InChI is InChI=1S/C19H22N4O2/c20-14-6-4-5-13(11-14)19(25)22-15-7-8-16(18(21)24)17(12-15)23-9-2-1-3-10-23/h4-8,11-12H,1-3,9-10,20H2,(H2,21,24)(H,22,25). The monoisotopic (exact) mass is 338 g/mol. The number of benzene rings is 2. The van der Waals surface area contributed by atoms with E-state index in [0.717, 1.165) is 31.6 Å². The van der Waals surface area contributed by atoms with Gasteiger partial charge in [-0.2, -0.15) is 0 Å². The van der Waals surface area contributed by atoms with E-state index in [9.17, 15) is 9.59 Å². The fraction of sp³-hybridized carbons (Fsp3) is 0.263. The molecule has 0 saturated carbocycles. The number of hydrogen-bond donors (Lipinski definition) is 3. The number of anilines is 3. The number of carbonyl (C=O) groups excluding carboxylic acids is 2. The predicted octanol–water partition coefficient (Wildman–Crippen LogP) is 2.61. The van der Waals surface area contributed by atoms with Crippen LogP contribution < -0.4 is 21.7 Å². The van der Waals surface area contributed by atoms with Crippen LogP contribution in [0.5, 0.6) is 0 Å². The van der Waals surface area contributed by atoms with Crippen molar-refractivity contribution in [3.8, 4) is 0 Å². The van der Waals surface area contributed by atoms with Crippen molar-refractivity contribution in [2.24, 2.45) is 5.73 Å². The van der Waals surface area contributed by atoms with Gasteiger partial charge in [0, 0.05) is 30.0 Å².